The molecule has 3 rings (SSSR count). The van der Waals surface area contributed by atoms with Gasteiger partial charge in [-0.15, -0.1) is 0 Å². The normalized spacial score (nSPS) is 11.1. The van der Waals surface area contributed by atoms with E-state index in [1.54, 1.807) is 66.4 Å². The van der Waals surface area contributed by atoms with Gasteiger partial charge < -0.3 is 9.64 Å². The van der Waals surface area contributed by atoms with Gasteiger partial charge in [-0.25, -0.2) is 4.79 Å². The van der Waals surface area contributed by atoms with Crippen LogP contribution in [-0.4, -0.2) is 23.6 Å². The fraction of sp³-hybridized carbons (Fsp3) is 0.250. The number of hydrogen-bond donors (Lipinski definition) is 1. The van der Waals surface area contributed by atoms with Crippen LogP contribution in [0.5, 0.6) is 0 Å². The van der Waals surface area contributed by atoms with Crippen LogP contribution in [0.4, 0.5) is 5.69 Å². The van der Waals surface area contributed by atoms with Crippen molar-refractivity contribution >= 4 is 58.1 Å². The molecule has 0 spiro atoms. The van der Waals surface area contributed by atoms with E-state index in [9.17, 15) is 9.59 Å². The molecule has 0 heterocycles. The predicted octanol–water partition coefficient (Wildman–Crippen LogP) is 7.19. The monoisotopic (exact) mass is 542 g/mol. The van der Waals surface area contributed by atoms with E-state index in [2.05, 4.69) is 26.1 Å². The van der Waals surface area contributed by atoms with Crippen LogP contribution in [0.15, 0.2) is 66.7 Å². The summed E-state index contributed by atoms with van der Waals surface area (Å²) < 4.78 is 5.06. The van der Waals surface area contributed by atoms with Gasteiger partial charge in [0.15, 0.2) is 5.11 Å². The van der Waals surface area contributed by atoms with Gasteiger partial charge in [-0.3, -0.25) is 10.1 Å². The molecule has 0 radical (unpaired) electrons. The highest BCUT2D eigenvalue weighted by atomic mass is 35.5. The Morgan fingerprint density at radius 2 is 1.47 bits per heavy atom. The average Bonchev–Trinajstić information content (AvgIpc) is 2.83. The molecule has 0 unspecified atom stereocenters. The van der Waals surface area contributed by atoms with Crippen molar-refractivity contribution in [3.8, 4) is 0 Å². The summed E-state index contributed by atoms with van der Waals surface area (Å²) in [6.45, 7) is 8.58. The van der Waals surface area contributed by atoms with Gasteiger partial charge >= 0.3 is 5.97 Å². The highest BCUT2D eigenvalue weighted by molar-refractivity contribution is 7.80. The SMILES string of the molecule is CCOC(=O)c1ccc(N(Cc2c(Cl)cccc2Cl)C(=S)NC(=O)c2ccc(C(C)(C)C)cc2)cc1. The number of anilines is 1. The molecule has 1 amide bonds. The molecule has 0 aromatic heterocycles. The average molecular weight is 544 g/mol. The lowest BCUT2D eigenvalue weighted by Crippen LogP contribution is -2.42. The van der Waals surface area contributed by atoms with Gasteiger partial charge in [0.2, 0.25) is 0 Å². The van der Waals surface area contributed by atoms with Gasteiger partial charge in [-0.05, 0) is 78.7 Å². The van der Waals surface area contributed by atoms with E-state index in [-0.39, 0.29) is 29.6 Å². The number of rotatable bonds is 6. The van der Waals surface area contributed by atoms with Crippen molar-refractivity contribution in [3.63, 3.8) is 0 Å². The molecule has 0 atom stereocenters. The van der Waals surface area contributed by atoms with Crippen LogP contribution in [0.3, 0.4) is 0 Å². The minimum atomic E-state index is -0.417. The number of benzene rings is 3. The molecule has 8 heteroatoms. The van der Waals surface area contributed by atoms with Gasteiger partial charge in [-0.1, -0.05) is 62.2 Å². The Hall–Kier alpha value is -2.93. The number of carbonyl (C=O) groups is 2. The molecule has 0 saturated carbocycles. The summed E-state index contributed by atoms with van der Waals surface area (Å²) >= 11 is 18.5. The van der Waals surface area contributed by atoms with Crippen molar-refractivity contribution < 1.29 is 14.3 Å². The summed E-state index contributed by atoms with van der Waals surface area (Å²) in [5.41, 5.74) is 3.29. The molecule has 36 heavy (non-hydrogen) atoms. The second-order valence-electron chi connectivity index (χ2n) is 9.14. The second kappa shape index (κ2) is 11.9. The first-order chi connectivity index (χ1) is 17.0. The molecule has 0 aliphatic rings. The minimum Gasteiger partial charge on any atom is -0.462 e. The summed E-state index contributed by atoms with van der Waals surface area (Å²) in [4.78, 5) is 26.8. The zero-order chi connectivity index (χ0) is 26.5. The number of nitrogens with one attached hydrogen (secondary N) is 1. The number of amides is 1. The maximum atomic E-state index is 13.0. The topological polar surface area (TPSA) is 58.6 Å². The molecular formula is C28H28Cl2N2O3S. The number of esters is 1. The molecule has 0 saturated heterocycles. The summed E-state index contributed by atoms with van der Waals surface area (Å²) in [6.07, 6.45) is 0. The standard InChI is InChI=1S/C28H28Cl2N2O3S/c1-5-35-26(34)19-11-15-21(16-12-19)32(17-22-23(29)7-6-8-24(22)30)27(36)31-25(33)18-9-13-20(14-10-18)28(2,3)4/h6-16H,5,17H2,1-4H3,(H,31,33,36). The molecule has 0 aliphatic heterocycles. The van der Waals surface area contributed by atoms with E-state index in [4.69, 9.17) is 40.2 Å². The van der Waals surface area contributed by atoms with Gasteiger partial charge in [0.25, 0.3) is 5.91 Å². The Kier molecular flexibility index (Phi) is 9.12. The molecule has 0 fully saturated rings. The van der Waals surface area contributed by atoms with Crippen LogP contribution in [-0.2, 0) is 16.7 Å². The number of thiocarbonyl (C=S) groups is 1. The van der Waals surface area contributed by atoms with Gasteiger partial charge in [0.1, 0.15) is 0 Å². The van der Waals surface area contributed by atoms with E-state index < -0.39 is 5.97 Å². The maximum Gasteiger partial charge on any atom is 0.338 e. The second-order valence-corrected chi connectivity index (χ2v) is 10.3. The fourth-order valence-corrected chi connectivity index (χ4v) is 4.25. The molecule has 3 aromatic rings. The van der Waals surface area contributed by atoms with Gasteiger partial charge in [0, 0.05) is 26.9 Å². The molecular weight excluding hydrogens is 515 g/mol. The van der Waals surface area contributed by atoms with Crippen molar-refractivity contribution in [1.29, 1.82) is 0 Å². The van der Waals surface area contributed by atoms with Crippen LogP contribution in [0.1, 0.15) is 59.5 Å². The van der Waals surface area contributed by atoms with Crippen molar-refractivity contribution in [3.05, 3.63) is 99.0 Å². The number of carbonyl (C=O) groups excluding carboxylic acids is 2. The highest BCUT2D eigenvalue weighted by Crippen LogP contribution is 2.28. The first-order valence-electron chi connectivity index (χ1n) is 11.4. The van der Waals surface area contributed by atoms with Crippen LogP contribution in [0.2, 0.25) is 10.0 Å². The van der Waals surface area contributed by atoms with E-state index >= 15 is 0 Å². The molecule has 0 bridgehead atoms. The minimum absolute atomic E-state index is 0.0228. The van der Waals surface area contributed by atoms with Crippen molar-refractivity contribution in [2.75, 3.05) is 11.5 Å². The van der Waals surface area contributed by atoms with E-state index in [0.717, 1.165) is 5.56 Å². The fourth-order valence-electron chi connectivity index (χ4n) is 3.47. The lowest BCUT2D eigenvalue weighted by Gasteiger charge is -2.27. The van der Waals surface area contributed by atoms with E-state index in [1.165, 1.54) is 0 Å². The van der Waals surface area contributed by atoms with Crippen LogP contribution in [0, 0.1) is 0 Å². The summed E-state index contributed by atoms with van der Waals surface area (Å²) in [5, 5.41) is 3.93. The smallest absolute Gasteiger partial charge is 0.338 e. The predicted molar refractivity (Wildman–Crippen MR) is 150 cm³/mol. The largest absolute Gasteiger partial charge is 0.462 e. The third-order valence-electron chi connectivity index (χ3n) is 5.55. The summed E-state index contributed by atoms with van der Waals surface area (Å²) in [7, 11) is 0. The van der Waals surface area contributed by atoms with Crippen molar-refractivity contribution in [2.45, 2.75) is 39.7 Å². The number of nitrogens with zero attached hydrogens (tertiary/aromatic N) is 1. The third-order valence-corrected chi connectivity index (χ3v) is 6.58. The zero-order valence-corrected chi connectivity index (χ0v) is 22.9. The number of hydrogen-bond acceptors (Lipinski definition) is 4. The lowest BCUT2D eigenvalue weighted by atomic mass is 9.87. The van der Waals surface area contributed by atoms with Crippen molar-refractivity contribution in [1.82, 2.24) is 5.32 Å². The first kappa shape index (κ1) is 27.7. The lowest BCUT2D eigenvalue weighted by molar-refractivity contribution is 0.0526. The quantitative estimate of drug-likeness (QED) is 0.264. The van der Waals surface area contributed by atoms with E-state index in [1.807, 2.05) is 12.1 Å². The molecule has 0 aliphatic carbocycles. The summed E-state index contributed by atoms with van der Waals surface area (Å²) in [5.74, 6) is -0.752. The summed E-state index contributed by atoms with van der Waals surface area (Å²) in [6, 6.07) is 19.4. The van der Waals surface area contributed by atoms with E-state index in [0.29, 0.717) is 32.4 Å². The Morgan fingerprint density at radius 1 is 0.917 bits per heavy atom. The van der Waals surface area contributed by atoms with Crippen LogP contribution < -0.4 is 10.2 Å². The number of ether oxygens (including phenoxy) is 1. The molecule has 5 nitrogen and oxygen atoms in total. The molecule has 3 aromatic carbocycles. The van der Waals surface area contributed by atoms with Crippen LogP contribution >= 0.6 is 35.4 Å². The Labute approximate surface area is 227 Å². The Bertz CT molecular complexity index is 1230. The highest BCUT2D eigenvalue weighted by Gasteiger charge is 2.20. The van der Waals surface area contributed by atoms with Gasteiger partial charge in [-0.2, -0.15) is 0 Å². The Morgan fingerprint density at radius 3 is 2.00 bits per heavy atom. The van der Waals surface area contributed by atoms with Crippen molar-refractivity contribution in [2.24, 2.45) is 0 Å². The Balaban J connectivity index is 1.89. The molecule has 188 valence electrons. The third kappa shape index (κ3) is 6.84. The first-order valence-corrected chi connectivity index (χ1v) is 12.6. The number of halogens is 2. The zero-order valence-electron chi connectivity index (χ0n) is 20.6. The van der Waals surface area contributed by atoms with Crippen LogP contribution in [0.25, 0.3) is 0 Å². The maximum absolute atomic E-state index is 13.0. The van der Waals surface area contributed by atoms with Gasteiger partial charge in [0.05, 0.1) is 18.7 Å². The molecule has 1 N–H and O–H groups in total.